The number of hydrogen-bond acceptors (Lipinski definition) is 5. The Labute approximate surface area is 177 Å². The van der Waals surface area contributed by atoms with Crippen molar-refractivity contribution in [3.63, 3.8) is 0 Å². The molecule has 6 heteroatoms. The number of hydrogen-bond donors (Lipinski definition) is 1. The quantitative estimate of drug-likeness (QED) is 0.655. The van der Waals surface area contributed by atoms with Crippen molar-refractivity contribution in [1.29, 1.82) is 0 Å². The van der Waals surface area contributed by atoms with E-state index in [9.17, 15) is 4.79 Å². The Hall–Kier alpha value is -1.37. The molecular weight excluding hydrogens is 386 g/mol. The van der Waals surface area contributed by atoms with Gasteiger partial charge in [-0.15, -0.1) is 23.1 Å². The average molecular weight is 418 g/mol. The second-order valence-electron chi connectivity index (χ2n) is 8.21. The molecule has 3 rings (SSSR count). The number of nitrogens with zero attached hydrogens (tertiary/aromatic N) is 2. The number of nitrogens with one attached hydrogen (secondary N) is 1. The van der Waals surface area contributed by atoms with E-state index in [0.29, 0.717) is 0 Å². The molecule has 0 spiro atoms. The second-order valence-corrected chi connectivity index (χ2v) is 10.3. The van der Waals surface area contributed by atoms with Crippen LogP contribution in [0.2, 0.25) is 0 Å². The predicted molar refractivity (Wildman–Crippen MR) is 119 cm³/mol. The van der Waals surface area contributed by atoms with E-state index >= 15 is 0 Å². The van der Waals surface area contributed by atoms with Gasteiger partial charge in [0.2, 0.25) is 0 Å². The molecule has 2 aromatic rings. The zero-order valence-corrected chi connectivity index (χ0v) is 18.9. The standard InChI is InChI=1S/C22H31N3OS2/c1-15-9-16(2)11-25(10-15)12-17(3)23-22(26)19-5-7-21(8-6-19)28-14-20-13-27-18(4)24-20/h5-8,13,15-17H,9-12,14H2,1-4H3,(H,23,26). The van der Waals surface area contributed by atoms with Gasteiger partial charge in [0.15, 0.2) is 0 Å². The third-order valence-corrected chi connectivity index (χ3v) is 6.89. The van der Waals surface area contributed by atoms with Crippen molar-refractivity contribution in [2.45, 2.75) is 50.8 Å². The summed E-state index contributed by atoms with van der Waals surface area (Å²) in [4.78, 5) is 20.7. The van der Waals surface area contributed by atoms with Gasteiger partial charge >= 0.3 is 0 Å². The van der Waals surface area contributed by atoms with Gasteiger partial charge < -0.3 is 10.2 Å². The minimum atomic E-state index is 0.0114. The van der Waals surface area contributed by atoms with Crippen molar-refractivity contribution in [1.82, 2.24) is 15.2 Å². The smallest absolute Gasteiger partial charge is 0.251 e. The highest BCUT2D eigenvalue weighted by atomic mass is 32.2. The van der Waals surface area contributed by atoms with E-state index in [1.165, 1.54) is 6.42 Å². The van der Waals surface area contributed by atoms with Crippen LogP contribution >= 0.6 is 23.1 Å². The summed E-state index contributed by atoms with van der Waals surface area (Å²) in [5.41, 5.74) is 1.84. The first-order chi connectivity index (χ1) is 13.4. The molecule has 1 amide bonds. The molecule has 2 heterocycles. The fraction of sp³-hybridized carbons (Fsp3) is 0.545. The third kappa shape index (κ3) is 6.33. The number of rotatable bonds is 7. The zero-order valence-electron chi connectivity index (χ0n) is 17.3. The molecule has 3 unspecified atom stereocenters. The molecule has 1 aromatic heterocycles. The average Bonchev–Trinajstić information content (AvgIpc) is 3.04. The van der Waals surface area contributed by atoms with Gasteiger partial charge in [-0.3, -0.25) is 4.79 Å². The molecule has 0 radical (unpaired) electrons. The largest absolute Gasteiger partial charge is 0.348 e. The Morgan fingerprint density at radius 2 is 1.96 bits per heavy atom. The summed E-state index contributed by atoms with van der Waals surface area (Å²) in [6.45, 7) is 12.0. The fourth-order valence-corrected chi connectivity index (χ4v) is 5.52. The van der Waals surface area contributed by atoms with Crippen molar-refractivity contribution >= 4 is 29.0 Å². The molecule has 0 aliphatic carbocycles. The minimum absolute atomic E-state index is 0.0114. The Morgan fingerprint density at radius 1 is 1.29 bits per heavy atom. The van der Waals surface area contributed by atoms with E-state index in [1.807, 2.05) is 31.2 Å². The molecule has 1 aliphatic rings. The number of amides is 1. The van der Waals surface area contributed by atoms with Crippen LogP contribution in [0.4, 0.5) is 0 Å². The summed E-state index contributed by atoms with van der Waals surface area (Å²) in [5.74, 6) is 2.35. The van der Waals surface area contributed by atoms with Crippen LogP contribution in [0.15, 0.2) is 34.5 Å². The maximum absolute atomic E-state index is 12.6. The number of aromatic nitrogens is 1. The van der Waals surface area contributed by atoms with Gasteiger partial charge in [-0.05, 0) is 56.4 Å². The Kier molecular flexibility index (Phi) is 7.55. The lowest BCUT2D eigenvalue weighted by Crippen LogP contribution is -2.47. The van der Waals surface area contributed by atoms with Gasteiger partial charge in [-0.25, -0.2) is 4.98 Å². The Morgan fingerprint density at radius 3 is 2.57 bits per heavy atom. The highest BCUT2D eigenvalue weighted by Crippen LogP contribution is 2.24. The summed E-state index contributed by atoms with van der Waals surface area (Å²) in [6, 6.07) is 8.03. The van der Waals surface area contributed by atoms with Gasteiger partial charge in [-0.2, -0.15) is 0 Å². The maximum atomic E-state index is 12.6. The number of aryl methyl sites for hydroxylation is 1. The molecule has 4 nitrogen and oxygen atoms in total. The number of carbonyl (C=O) groups is 1. The van der Waals surface area contributed by atoms with Gasteiger partial charge in [0.25, 0.3) is 5.91 Å². The van der Waals surface area contributed by atoms with E-state index in [1.54, 1.807) is 23.1 Å². The van der Waals surface area contributed by atoms with Crippen LogP contribution in [0, 0.1) is 18.8 Å². The van der Waals surface area contributed by atoms with Crippen molar-refractivity contribution in [3.8, 4) is 0 Å². The van der Waals surface area contributed by atoms with E-state index in [0.717, 1.165) is 58.4 Å². The summed E-state index contributed by atoms with van der Waals surface area (Å²) >= 11 is 3.43. The molecule has 28 heavy (non-hydrogen) atoms. The molecule has 3 atom stereocenters. The van der Waals surface area contributed by atoms with Gasteiger partial charge in [0.05, 0.1) is 10.7 Å². The lowest BCUT2D eigenvalue weighted by atomic mass is 9.92. The van der Waals surface area contributed by atoms with Gasteiger partial charge in [-0.1, -0.05) is 13.8 Å². The van der Waals surface area contributed by atoms with Crippen LogP contribution in [0.3, 0.4) is 0 Å². The summed E-state index contributed by atoms with van der Waals surface area (Å²) < 4.78 is 0. The molecule has 1 N–H and O–H groups in total. The zero-order chi connectivity index (χ0) is 20.1. The molecule has 1 aliphatic heterocycles. The molecule has 1 fully saturated rings. The first-order valence-corrected chi connectivity index (χ1v) is 11.9. The van der Waals surface area contributed by atoms with Gasteiger partial charge in [0, 0.05) is 47.3 Å². The SMILES string of the molecule is Cc1nc(CSc2ccc(C(=O)NC(C)CN3CC(C)CC(C)C3)cc2)cs1. The Bertz CT molecular complexity index is 764. The number of piperidine rings is 1. The topological polar surface area (TPSA) is 45.2 Å². The number of carbonyl (C=O) groups excluding carboxylic acids is 1. The van der Waals surface area contributed by atoms with Crippen LogP contribution in [-0.4, -0.2) is 41.5 Å². The fourth-order valence-electron chi connectivity index (χ4n) is 4.02. The number of likely N-dealkylation sites (tertiary alicyclic amines) is 1. The van der Waals surface area contributed by atoms with Crippen molar-refractivity contribution in [3.05, 3.63) is 45.9 Å². The van der Waals surface area contributed by atoms with Crippen molar-refractivity contribution in [2.75, 3.05) is 19.6 Å². The van der Waals surface area contributed by atoms with Crippen LogP contribution in [0.5, 0.6) is 0 Å². The van der Waals surface area contributed by atoms with Crippen LogP contribution in [0.25, 0.3) is 0 Å². The number of thioether (sulfide) groups is 1. The predicted octanol–water partition coefficient (Wildman–Crippen LogP) is 4.84. The first-order valence-electron chi connectivity index (χ1n) is 10.1. The monoisotopic (exact) mass is 417 g/mol. The lowest BCUT2D eigenvalue weighted by molar-refractivity contribution is 0.0905. The van der Waals surface area contributed by atoms with Crippen molar-refractivity contribution < 1.29 is 4.79 Å². The van der Waals surface area contributed by atoms with E-state index in [-0.39, 0.29) is 11.9 Å². The highest BCUT2D eigenvalue weighted by Gasteiger charge is 2.23. The van der Waals surface area contributed by atoms with Crippen LogP contribution in [-0.2, 0) is 5.75 Å². The van der Waals surface area contributed by atoms with E-state index < -0.39 is 0 Å². The minimum Gasteiger partial charge on any atom is -0.348 e. The van der Waals surface area contributed by atoms with E-state index in [4.69, 9.17) is 0 Å². The normalized spacial score (nSPS) is 21.4. The molecule has 0 saturated carbocycles. The molecule has 1 saturated heterocycles. The Balaban J connectivity index is 1.47. The molecular formula is C22H31N3OS2. The molecule has 0 bridgehead atoms. The van der Waals surface area contributed by atoms with Crippen LogP contribution in [0.1, 0.15) is 48.3 Å². The maximum Gasteiger partial charge on any atom is 0.251 e. The molecule has 152 valence electrons. The third-order valence-electron chi connectivity index (χ3n) is 5.02. The number of thiazole rings is 1. The number of benzene rings is 1. The molecule has 1 aromatic carbocycles. The van der Waals surface area contributed by atoms with Gasteiger partial charge in [0.1, 0.15) is 0 Å². The summed E-state index contributed by atoms with van der Waals surface area (Å²) in [7, 11) is 0. The lowest BCUT2D eigenvalue weighted by Gasteiger charge is -2.36. The summed E-state index contributed by atoms with van der Waals surface area (Å²) in [6.07, 6.45) is 1.31. The van der Waals surface area contributed by atoms with E-state index in [2.05, 4.69) is 41.4 Å². The van der Waals surface area contributed by atoms with Crippen LogP contribution < -0.4 is 5.32 Å². The summed E-state index contributed by atoms with van der Waals surface area (Å²) in [5, 5.41) is 6.37. The van der Waals surface area contributed by atoms with Crippen molar-refractivity contribution in [2.24, 2.45) is 11.8 Å². The highest BCUT2D eigenvalue weighted by molar-refractivity contribution is 7.98. The first kappa shape index (κ1) is 21.3. The second kappa shape index (κ2) is 9.90.